The average Bonchev–Trinajstić information content (AvgIpc) is 3.01. The quantitative estimate of drug-likeness (QED) is 0.890. The molecule has 1 aliphatic rings. The number of halogens is 1. The third-order valence-electron chi connectivity index (χ3n) is 4.44. The molecule has 0 bridgehead atoms. The molecule has 128 valence electrons. The predicted octanol–water partition coefficient (Wildman–Crippen LogP) is 2.35. The Labute approximate surface area is 146 Å². The zero-order chi connectivity index (χ0) is 17.1. The number of rotatable bonds is 4. The summed E-state index contributed by atoms with van der Waals surface area (Å²) in [6.07, 6.45) is 2.69. The van der Waals surface area contributed by atoms with Crippen LogP contribution in [0.25, 0.3) is 5.69 Å². The molecule has 2 unspecified atom stereocenters. The molecule has 0 radical (unpaired) electrons. The molecule has 1 aromatic heterocycles. The lowest BCUT2D eigenvalue weighted by Gasteiger charge is -2.30. The van der Waals surface area contributed by atoms with E-state index in [2.05, 4.69) is 27.9 Å². The largest absolute Gasteiger partial charge is 0.346 e. The van der Waals surface area contributed by atoms with Crippen LogP contribution in [-0.4, -0.2) is 39.5 Å². The van der Waals surface area contributed by atoms with Crippen LogP contribution in [0.5, 0.6) is 0 Å². The van der Waals surface area contributed by atoms with E-state index in [1.165, 1.54) is 0 Å². The van der Waals surface area contributed by atoms with Crippen molar-refractivity contribution in [1.29, 1.82) is 0 Å². The molecule has 0 aliphatic carbocycles. The van der Waals surface area contributed by atoms with Gasteiger partial charge in [-0.15, -0.1) is 5.10 Å². The Kier molecular flexibility index (Phi) is 5.16. The number of nitrogens with one attached hydrogen (secondary N) is 2. The van der Waals surface area contributed by atoms with Crippen molar-refractivity contribution >= 4 is 17.5 Å². The first-order chi connectivity index (χ1) is 11.6. The summed E-state index contributed by atoms with van der Waals surface area (Å²) in [6.45, 7) is 5.08. The Morgan fingerprint density at radius 3 is 3.04 bits per heavy atom. The lowest BCUT2D eigenvalue weighted by molar-refractivity contribution is 0.0913. The molecule has 6 nitrogen and oxygen atoms in total. The summed E-state index contributed by atoms with van der Waals surface area (Å²) in [7, 11) is 0. The van der Waals surface area contributed by atoms with Crippen LogP contribution in [0.15, 0.2) is 24.3 Å². The van der Waals surface area contributed by atoms with Crippen LogP contribution in [0.3, 0.4) is 0 Å². The van der Waals surface area contributed by atoms with Gasteiger partial charge in [0, 0.05) is 17.1 Å². The second-order valence-corrected chi connectivity index (χ2v) is 6.53. The third-order valence-corrected chi connectivity index (χ3v) is 4.68. The first kappa shape index (κ1) is 16.9. The SMILES string of the molecule is CCc1c(C(=O)NC2CCCNC2C)nnn1-c1cccc(Cl)c1. The van der Waals surface area contributed by atoms with Gasteiger partial charge in [-0.3, -0.25) is 4.79 Å². The van der Waals surface area contributed by atoms with Gasteiger partial charge in [0.2, 0.25) is 0 Å². The first-order valence-corrected chi connectivity index (χ1v) is 8.72. The number of hydrogen-bond donors (Lipinski definition) is 2. The number of carbonyl (C=O) groups excluding carboxylic acids is 1. The molecule has 1 aromatic carbocycles. The monoisotopic (exact) mass is 347 g/mol. The van der Waals surface area contributed by atoms with Crippen LogP contribution in [0.2, 0.25) is 5.02 Å². The van der Waals surface area contributed by atoms with Crippen LogP contribution < -0.4 is 10.6 Å². The van der Waals surface area contributed by atoms with E-state index in [1.807, 2.05) is 25.1 Å². The van der Waals surface area contributed by atoms with E-state index in [0.717, 1.165) is 30.8 Å². The summed E-state index contributed by atoms with van der Waals surface area (Å²) in [5.41, 5.74) is 1.97. The summed E-state index contributed by atoms with van der Waals surface area (Å²) in [5.74, 6) is -0.166. The minimum Gasteiger partial charge on any atom is -0.346 e. The highest BCUT2D eigenvalue weighted by Crippen LogP contribution is 2.18. The molecular formula is C17H22ClN5O. The summed E-state index contributed by atoms with van der Waals surface area (Å²) in [5, 5.41) is 15.4. The molecule has 2 N–H and O–H groups in total. The van der Waals surface area contributed by atoms with E-state index >= 15 is 0 Å². The van der Waals surface area contributed by atoms with Crippen LogP contribution in [-0.2, 0) is 6.42 Å². The van der Waals surface area contributed by atoms with Crippen molar-refractivity contribution in [2.75, 3.05) is 6.54 Å². The lowest BCUT2D eigenvalue weighted by Crippen LogP contribution is -2.52. The van der Waals surface area contributed by atoms with Crippen molar-refractivity contribution in [1.82, 2.24) is 25.6 Å². The molecule has 0 saturated carbocycles. The van der Waals surface area contributed by atoms with Gasteiger partial charge in [-0.25, -0.2) is 4.68 Å². The fourth-order valence-corrected chi connectivity index (χ4v) is 3.27. The fraction of sp³-hybridized carbons (Fsp3) is 0.471. The zero-order valence-corrected chi connectivity index (χ0v) is 14.7. The topological polar surface area (TPSA) is 71.8 Å². The molecule has 1 fully saturated rings. The predicted molar refractivity (Wildman–Crippen MR) is 93.7 cm³/mol. The van der Waals surface area contributed by atoms with Crippen LogP contribution >= 0.6 is 11.6 Å². The van der Waals surface area contributed by atoms with E-state index < -0.39 is 0 Å². The van der Waals surface area contributed by atoms with Crippen molar-refractivity contribution in [3.63, 3.8) is 0 Å². The molecule has 2 atom stereocenters. The minimum atomic E-state index is -0.166. The number of piperidine rings is 1. The highest BCUT2D eigenvalue weighted by Gasteiger charge is 2.26. The molecule has 3 rings (SSSR count). The molecule has 7 heteroatoms. The smallest absolute Gasteiger partial charge is 0.274 e. The number of amides is 1. The van der Waals surface area contributed by atoms with Gasteiger partial charge in [0.15, 0.2) is 5.69 Å². The molecule has 2 aromatic rings. The zero-order valence-electron chi connectivity index (χ0n) is 13.9. The van der Waals surface area contributed by atoms with E-state index in [9.17, 15) is 4.79 Å². The molecular weight excluding hydrogens is 326 g/mol. The van der Waals surface area contributed by atoms with Gasteiger partial charge >= 0.3 is 0 Å². The van der Waals surface area contributed by atoms with Gasteiger partial charge in [0.1, 0.15) is 0 Å². The van der Waals surface area contributed by atoms with Crippen LogP contribution in [0.1, 0.15) is 42.9 Å². The summed E-state index contributed by atoms with van der Waals surface area (Å²) in [4.78, 5) is 12.7. The standard InChI is InChI=1S/C17H22ClN5O/c1-3-15-16(17(24)20-14-8-5-9-19-11(14)2)21-22-23(15)13-7-4-6-12(18)10-13/h4,6-7,10-11,14,19H,3,5,8-9H2,1-2H3,(H,20,24). The summed E-state index contributed by atoms with van der Waals surface area (Å²) < 4.78 is 1.68. The van der Waals surface area contributed by atoms with E-state index in [0.29, 0.717) is 17.1 Å². The maximum Gasteiger partial charge on any atom is 0.274 e. The minimum absolute atomic E-state index is 0.118. The lowest BCUT2D eigenvalue weighted by atomic mass is 9.99. The Bertz CT molecular complexity index is 730. The molecule has 1 aliphatic heterocycles. The van der Waals surface area contributed by atoms with Crippen LogP contribution in [0.4, 0.5) is 0 Å². The number of benzene rings is 1. The first-order valence-electron chi connectivity index (χ1n) is 8.35. The van der Waals surface area contributed by atoms with Gasteiger partial charge in [-0.05, 0) is 50.9 Å². The van der Waals surface area contributed by atoms with Gasteiger partial charge in [0.25, 0.3) is 5.91 Å². The molecule has 0 spiro atoms. The second-order valence-electron chi connectivity index (χ2n) is 6.09. The van der Waals surface area contributed by atoms with Crippen molar-refractivity contribution in [2.45, 2.75) is 45.2 Å². The Hall–Kier alpha value is -1.92. The van der Waals surface area contributed by atoms with E-state index in [-0.39, 0.29) is 18.0 Å². The Balaban J connectivity index is 1.84. The summed E-state index contributed by atoms with van der Waals surface area (Å²) in [6, 6.07) is 7.74. The van der Waals surface area contributed by atoms with Gasteiger partial charge < -0.3 is 10.6 Å². The van der Waals surface area contributed by atoms with Gasteiger partial charge in [-0.1, -0.05) is 29.8 Å². The maximum atomic E-state index is 12.7. The van der Waals surface area contributed by atoms with Gasteiger partial charge in [0.05, 0.1) is 11.4 Å². The summed E-state index contributed by atoms with van der Waals surface area (Å²) >= 11 is 6.06. The van der Waals surface area contributed by atoms with Crippen molar-refractivity contribution < 1.29 is 4.79 Å². The normalized spacial score (nSPS) is 20.8. The average molecular weight is 348 g/mol. The number of nitrogens with zero attached hydrogens (tertiary/aromatic N) is 3. The molecule has 2 heterocycles. The molecule has 24 heavy (non-hydrogen) atoms. The fourth-order valence-electron chi connectivity index (χ4n) is 3.09. The molecule has 1 saturated heterocycles. The van der Waals surface area contributed by atoms with Gasteiger partial charge in [-0.2, -0.15) is 0 Å². The van der Waals surface area contributed by atoms with Crippen molar-refractivity contribution in [3.05, 3.63) is 40.7 Å². The van der Waals surface area contributed by atoms with Crippen LogP contribution in [0, 0.1) is 0 Å². The van der Waals surface area contributed by atoms with Crippen molar-refractivity contribution in [2.24, 2.45) is 0 Å². The molecule has 1 amide bonds. The highest BCUT2D eigenvalue weighted by molar-refractivity contribution is 6.30. The van der Waals surface area contributed by atoms with Crippen molar-refractivity contribution in [3.8, 4) is 5.69 Å². The van der Waals surface area contributed by atoms with E-state index in [4.69, 9.17) is 11.6 Å². The number of hydrogen-bond acceptors (Lipinski definition) is 4. The Morgan fingerprint density at radius 2 is 2.33 bits per heavy atom. The number of aromatic nitrogens is 3. The number of carbonyl (C=O) groups is 1. The van der Waals surface area contributed by atoms with E-state index in [1.54, 1.807) is 10.7 Å². The maximum absolute atomic E-state index is 12.7. The highest BCUT2D eigenvalue weighted by atomic mass is 35.5. The Morgan fingerprint density at radius 1 is 1.50 bits per heavy atom. The second kappa shape index (κ2) is 7.32. The third kappa shape index (κ3) is 3.44.